The molecule has 1 aliphatic rings. The lowest BCUT2D eigenvalue weighted by Gasteiger charge is -2.27. The van der Waals surface area contributed by atoms with E-state index in [4.69, 9.17) is 4.43 Å². The number of hydrogen-bond donors (Lipinski definition) is 0. The van der Waals surface area contributed by atoms with Crippen molar-refractivity contribution < 1.29 is 14.0 Å². The second-order valence-electron chi connectivity index (χ2n) is 5.63. The first-order chi connectivity index (χ1) is 8.37. The Morgan fingerprint density at radius 1 is 1.56 bits per heavy atom. The van der Waals surface area contributed by atoms with Crippen molar-refractivity contribution in [1.29, 1.82) is 0 Å². The highest BCUT2D eigenvalue weighted by atomic mass is 28.4. The minimum atomic E-state index is -1.83. The molecule has 2 unspecified atom stereocenters. The minimum Gasteiger partial charge on any atom is -0.520 e. The summed E-state index contributed by atoms with van der Waals surface area (Å²) in [6.45, 7) is 8.04. The van der Waals surface area contributed by atoms with E-state index in [1.165, 1.54) is 0 Å². The van der Waals surface area contributed by atoms with Gasteiger partial charge in [-0.15, -0.1) is 0 Å². The van der Waals surface area contributed by atoms with Crippen molar-refractivity contribution in [3.8, 4) is 0 Å². The molecule has 18 heavy (non-hydrogen) atoms. The average molecular weight is 266 g/mol. The zero-order valence-electron chi connectivity index (χ0n) is 11.6. The number of rotatable bonds is 5. The molecule has 1 rings (SSSR count). The van der Waals surface area contributed by atoms with Crippen LogP contribution in [0.25, 0.3) is 0 Å². The van der Waals surface area contributed by atoms with Gasteiger partial charge in [-0.25, -0.2) is 0 Å². The average Bonchev–Trinajstić information content (AvgIpc) is 2.28. The van der Waals surface area contributed by atoms with Crippen molar-refractivity contribution >= 4 is 20.6 Å². The molecular weight excluding hydrogens is 244 g/mol. The normalized spacial score (nSPS) is 21.1. The van der Waals surface area contributed by atoms with Gasteiger partial charge in [0.25, 0.3) is 5.97 Å². The minimum absolute atomic E-state index is 0.0886. The van der Waals surface area contributed by atoms with E-state index in [9.17, 15) is 9.59 Å². The summed E-state index contributed by atoms with van der Waals surface area (Å²) < 4.78 is 5.57. The quantitative estimate of drug-likeness (QED) is 0.567. The maximum absolute atomic E-state index is 12.1. The van der Waals surface area contributed by atoms with Crippen LogP contribution in [0.5, 0.6) is 0 Å². The molecule has 3 nitrogen and oxygen atoms in total. The molecule has 0 radical (unpaired) electrons. The van der Waals surface area contributed by atoms with Crippen molar-refractivity contribution in [2.45, 2.75) is 39.4 Å². The van der Waals surface area contributed by atoms with Gasteiger partial charge >= 0.3 is 0 Å². The molecule has 0 aliphatic heterocycles. The molecular formula is C14H22O3Si. The molecule has 0 aromatic carbocycles. The standard InChI is InChI=1S/C14H22O3Si/c1-5-13(14(16)17-18(2,3)4)12-8-6-11(10-15)7-9-12/h6-8,10,12-13H,5,9H2,1-4H3. The molecule has 0 spiro atoms. The molecule has 0 saturated carbocycles. The van der Waals surface area contributed by atoms with Crippen LogP contribution in [0, 0.1) is 11.8 Å². The van der Waals surface area contributed by atoms with E-state index in [1.54, 1.807) is 6.08 Å². The van der Waals surface area contributed by atoms with Crippen LogP contribution in [0.1, 0.15) is 19.8 Å². The Labute approximate surface area is 110 Å². The zero-order valence-corrected chi connectivity index (χ0v) is 12.6. The van der Waals surface area contributed by atoms with Crippen LogP contribution in [-0.4, -0.2) is 20.6 Å². The van der Waals surface area contributed by atoms with Crippen molar-refractivity contribution in [2.24, 2.45) is 11.8 Å². The fourth-order valence-electron chi connectivity index (χ4n) is 2.06. The van der Waals surface area contributed by atoms with Crippen LogP contribution in [0.15, 0.2) is 23.8 Å². The van der Waals surface area contributed by atoms with Crippen molar-refractivity contribution in [1.82, 2.24) is 0 Å². The molecule has 100 valence electrons. The summed E-state index contributed by atoms with van der Waals surface area (Å²) >= 11 is 0. The van der Waals surface area contributed by atoms with Crippen LogP contribution in [0.4, 0.5) is 0 Å². The smallest absolute Gasteiger partial charge is 0.296 e. The zero-order chi connectivity index (χ0) is 13.8. The van der Waals surface area contributed by atoms with Crippen LogP contribution in [0.3, 0.4) is 0 Å². The Kier molecular flexibility index (Phi) is 5.08. The van der Waals surface area contributed by atoms with Gasteiger partial charge in [0.2, 0.25) is 8.32 Å². The summed E-state index contributed by atoms with van der Waals surface area (Å²) in [4.78, 5) is 22.8. The Morgan fingerprint density at radius 3 is 2.61 bits per heavy atom. The van der Waals surface area contributed by atoms with E-state index >= 15 is 0 Å². The molecule has 0 heterocycles. The van der Waals surface area contributed by atoms with Gasteiger partial charge in [0.05, 0.1) is 5.92 Å². The molecule has 0 aromatic heterocycles. The molecule has 0 fully saturated rings. The third-order valence-corrected chi connectivity index (χ3v) is 3.78. The summed E-state index contributed by atoms with van der Waals surface area (Å²) in [5.41, 5.74) is 0.694. The Bertz CT molecular complexity index is 377. The molecule has 0 saturated heterocycles. The van der Waals surface area contributed by atoms with Crippen molar-refractivity contribution in [3.05, 3.63) is 23.8 Å². The largest absolute Gasteiger partial charge is 0.520 e. The second kappa shape index (κ2) is 6.14. The highest BCUT2D eigenvalue weighted by molar-refractivity contribution is 6.71. The van der Waals surface area contributed by atoms with Crippen LogP contribution < -0.4 is 0 Å². The fraction of sp³-hybridized carbons (Fsp3) is 0.571. The van der Waals surface area contributed by atoms with Crippen LogP contribution in [-0.2, 0) is 14.0 Å². The summed E-state index contributed by atoms with van der Waals surface area (Å²) in [6, 6.07) is 0. The summed E-state index contributed by atoms with van der Waals surface area (Å²) in [5, 5.41) is 0. The Morgan fingerprint density at radius 2 is 2.22 bits per heavy atom. The number of carbonyl (C=O) groups is 2. The maximum Gasteiger partial charge on any atom is 0.296 e. The van der Waals surface area contributed by atoms with Gasteiger partial charge in [-0.05, 0) is 38.4 Å². The van der Waals surface area contributed by atoms with E-state index in [0.717, 1.165) is 19.1 Å². The van der Waals surface area contributed by atoms with Gasteiger partial charge in [-0.3, -0.25) is 9.59 Å². The molecule has 0 bridgehead atoms. The van der Waals surface area contributed by atoms with Crippen LogP contribution >= 0.6 is 0 Å². The maximum atomic E-state index is 12.1. The monoisotopic (exact) mass is 266 g/mol. The summed E-state index contributed by atoms with van der Waals surface area (Å²) in [5.74, 6) is -0.0331. The highest BCUT2D eigenvalue weighted by Crippen LogP contribution is 2.27. The van der Waals surface area contributed by atoms with Gasteiger partial charge in [-0.1, -0.05) is 25.2 Å². The highest BCUT2D eigenvalue weighted by Gasteiger charge is 2.30. The predicted molar refractivity (Wildman–Crippen MR) is 74.6 cm³/mol. The van der Waals surface area contributed by atoms with Gasteiger partial charge in [0.15, 0.2) is 0 Å². The molecule has 2 atom stereocenters. The number of hydrogen-bond acceptors (Lipinski definition) is 3. The second-order valence-corrected chi connectivity index (χ2v) is 10.1. The first-order valence-electron chi connectivity index (χ1n) is 6.43. The Hall–Kier alpha value is -1.16. The summed E-state index contributed by atoms with van der Waals surface area (Å²) in [7, 11) is -1.83. The molecule has 4 heteroatoms. The van der Waals surface area contributed by atoms with E-state index < -0.39 is 8.32 Å². The van der Waals surface area contributed by atoms with Gasteiger partial charge in [-0.2, -0.15) is 0 Å². The number of aldehydes is 1. The first-order valence-corrected chi connectivity index (χ1v) is 9.84. The van der Waals surface area contributed by atoms with Crippen LogP contribution in [0.2, 0.25) is 19.6 Å². The van der Waals surface area contributed by atoms with Gasteiger partial charge < -0.3 is 4.43 Å². The fourth-order valence-corrected chi connectivity index (χ4v) is 2.82. The third kappa shape index (κ3) is 4.26. The topological polar surface area (TPSA) is 43.4 Å². The number of allylic oxidation sites excluding steroid dienone is 4. The van der Waals surface area contributed by atoms with Crippen molar-refractivity contribution in [3.63, 3.8) is 0 Å². The molecule has 0 N–H and O–H groups in total. The lowest BCUT2D eigenvalue weighted by molar-refractivity contribution is -0.141. The van der Waals surface area contributed by atoms with Gasteiger partial charge in [0, 0.05) is 5.57 Å². The lowest BCUT2D eigenvalue weighted by atomic mass is 9.84. The molecule has 0 aromatic rings. The SMILES string of the molecule is CCC(C(=O)O[Si](C)(C)C)C1C=CC(C=O)=CC1. The third-order valence-electron chi connectivity index (χ3n) is 2.96. The van der Waals surface area contributed by atoms with Gasteiger partial charge in [0.1, 0.15) is 6.29 Å². The predicted octanol–water partition coefficient (Wildman–Crippen LogP) is 3.09. The molecule has 1 aliphatic carbocycles. The number of carbonyl (C=O) groups excluding carboxylic acids is 2. The van der Waals surface area contributed by atoms with Crippen molar-refractivity contribution in [2.75, 3.05) is 0 Å². The Balaban J connectivity index is 2.69. The van der Waals surface area contributed by atoms with E-state index in [-0.39, 0.29) is 17.8 Å². The molecule has 0 amide bonds. The lowest BCUT2D eigenvalue weighted by Crippen LogP contribution is -2.35. The van der Waals surface area contributed by atoms with E-state index in [2.05, 4.69) is 0 Å². The van der Waals surface area contributed by atoms with E-state index in [0.29, 0.717) is 5.57 Å². The first kappa shape index (κ1) is 14.9. The summed E-state index contributed by atoms with van der Waals surface area (Å²) in [6.07, 6.45) is 8.00. The van der Waals surface area contributed by atoms with E-state index in [1.807, 2.05) is 38.7 Å².